The first-order chi connectivity index (χ1) is 6.33. The van der Waals surface area contributed by atoms with E-state index in [1.54, 1.807) is 0 Å². The zero-order valence-corrected chi connectivity index (χ0v) is 6.90. The smallest absolute Gasteiger partial charge is 0.342 e. The van der Waals surface area contributed by atoms with Gasteiger partial charge in [0.1, 0.15) is 18.6 Å². The highest BCUT2D eigenvalue weighted by Crippen LogP contribution is 2.00. The molecular weight excluding hydrogens is 168 g/mol. The number of esters is 1. The van der Waals surface area contributed by atoms with Gasteiger partial charge in [-0.15, -0.1) is 0 Å². The van der Waals surface area contributed by atoms with Crippen molar-refractivity contribution in [2.75, 3.05) is 0 Å². The van der Waals surface area contributed by atoms with Gasteiger partial charge in [0, 0.05) is 0 Å². The molecule has 1 aromatic carbocycles. The van der Waals surface area contributed by atoms with Crippen molar-refractivity contribution in [3.05, 3.63) is 42.0 Å². The van der Waals surface area contributed by atoms with Crippen LogP contribution in [0, 0.1) is 0 Å². The van der Waals surface area contributed by atoms with Gasteiger partial charge in [-0.2, -0.15) is 0 Å². The first-order valence-electron chi connectivity index (χ1n) is 3.74. The van der Waals surface area contributed by atoms with Crippen LogP contribution in [0.2, 0.25) is 0 Å². The predicted octanol–water partition coefficient (Wildman–Crippen LogP) is 1.12. The van der Waals surface area contributed by atoms with E-state index < -0.39 is 5.97 Å². The molecule has 0 spiro atoms. The number of hydrogen-bond donors (Lipinski definition) is 0. The Balaban J connectivity index is 2.44. The lowest BCUT2D eigenvalue weighted by molar-refractivity contribution is -0.138. The Morgan fingerprint density at radius 3 is 2.69 bits per heavy atom. The van der Waals surface area contributed by atoms with Crippen LogP contribution in [0.4, 0.5) is 0 Å². The maximum Gasteiger partial charge on any atom is 0.342 e. The van der Waals surface area contributed by atoms with E-state index in [1.165, 1.54) is 5.94 Å². The number of carbonyl (C=O) groups is 1. The molecule has 0 heterocycles. The summed E-state index contributed by atoms with van der Waals surface area (Å²) in [6.07, 6.45) is 0.725. The second-order valence-electron chi connectivity index (χ2n) is 2.36. The van der Waals surface area contributed by atoms with Crippen LogP contribution >= 0.6 is 0 Å². The predicted molar refractivity (Wildman–Crippen MR) is 46.5 cm³/mol. The van der Waals surface area contributed by atoms with Gasteiger partial charge in [0.25, 0.3) is 0 Å². The first-order valence-corrected chi connectivity index (χ1v) is 3.74. The molecule has 0 aromatic heterocycles. The summed E-state index contributed by atoms with van der Waals surface area (Å²) in [5, 5.41) is 0. The van der Waals surface area contributed by atoms with E-state index in [4.69, 9.17) is 4.74 Å². The third-order valence-corrected chi connectivity index (χ3v) is 1.40. The molecule has 3 heteroatoms. The topological polar surface area (TPSA) is 43.4 Å². The van der Waals surface area contributed by atoms with E-state index in [0.717, 1.165) is 11.6 Å². The second-order valence-corrected chi connectivity index (χ2v) is 2.36. The molecule has 0 fully saturated rings. The summed E-state index contributed by atoms with van der Waals surface area (Å²) in [5.41, 5.74) is 0.884. The summed E-state index contributed by atoms with van der Waals surface area (Å²) in [6, 6.07) is 9.23. The highest BCUT2D eigenvalue weighted by Gasteiger charge is 1.97. The van der Waals surface area contributed by atoms with E-state index in [2.05, 4.69) is 0 Å². The van der Waals surface area contributed by atoms with E-state index in [-0.39, 0.29) is 6.61 Å². The fourth-order valence-electron chi connectivity index (χ4n) is 0.818. The molecule has 0 aliphatic carbocycles. The third-order valence-electron chi connectivity index (χ3n) is 1.40. The van der Waals surface area contributed by atoms with Crippen molar-refractivity contribution in [2.45, 2.75) is 6.61 Å². The van der Waals surface area contributed by atoms with Crippen molar-refractivity contribution < 1.29 is 14.3 Å². The first kappa shape index (κ1) is 9.23. The van der Waals surface area contributed by atoms with Gasteiger partial charge in [0.2, 0.25) is 0 Å². The minimum atomic E-state index is -0.668. The Bertz CT molecular complexity index is 323. The number of benzene rings is 1. The van der Waals surface area contributed by atoms with E-state index >= 15 is 0 Å². The van der Waals surface area contributed by atoms with Gasteiger partial charge in [0.05, 0.1) is 0 Å². The van der Waals surface area contributed by atoms with Crippen molar-refractivity contribution in [2.24, 2.45) is 0 Å². The zero-order chi connectivity index (χ0) is 9.52. The summed E-state index contributed by atoms with van der Waals surface area (Å²) < 4.78 is 4.71. The normalized spacial score (nSPS) is 8.62. The van der Waals surface area contributed by atoms with Gasteiger partial charge in [-0.3, -0.25) is 0 Å². The molecule has 66 valence electrons. The SMILES string of the molecule is O=C=CC(=O)OCc1ccccc1. The molecule has 0 saturated heterocycles. The number of hydrogen-bond acceptors (Lipinski definition) is 3. The molecule has 0 aliphatic rings. The molecular formula is C10H8O3. The standard InChI is InChI=1S/C10H8O3/c11-7-6-10(12)13-8-9-4-2-1-3-5-9/h1-6H,8H2. The molecule has 0 N–H and O–H groups in total. The van der Waals surface area contributed by atoms with Gasteiger partial charge in [0.15, 0.2) is 0 Å². The Morgan fingerprint density at radius 1 is 1.38 bits per heavy atom. The van der Waals surface area contributed by atoms with Crippen LogP contribution in [0.1, 0.15) is 5.56 Å². The largest absolute Gasteiger partial charge is 0.457 e. The minimum Gasteiger partial charge on any atom is -0.457 e. The van der Waals surface area contributed by atoms with Crippen LogP contribution in [-0.2, 0) is 20.9 Å². The molecule has 0 bridgehead atoms. The van der Waals surface area contributed by atoms with Crippen molar-refractivity contribution in [3.63, 3.8) is 0 Å². The lowest BCUT2D eigenvalue weighted by Gasteiger charge is -1.99. The van der Waals surface area contributed by atoms with Crippen LogP contribution in [0.25, 0.3) is 0 Å². The van der Waals surface area contributed by atoms with Gasteiger partial charge in [-0.05, 0) is 5.56 Å². The monoisotopic (exact) mass is 176 g/mol. The molecule has 1 aromatic rings. The van der Waals surface area contributed by atoms with E-state index in [1.807, 2.05) is 30.3 Å². The Hall–Kier alpha value is -1.86. The maximum atomic E-state index is 10.7. The molecule has 3 nitrogen and oxygen atoms in total. The summed E-state index contributed by atoms with van der Waals surface area (Å²) in [6.45, 7) is 0.178. The Kier molecular flexibility index (Phi) is 3.48. The molecule has 13 heavy (non-hydrogen) atoms. The van der Waals surface area contributed by atoms with Crippen molar-refractivity contribution in [1.82, 2.24) is 0 Å². The van der Waals surface area contributed by atoms with Crippen LogP contribution in [0.5, 0.6) is 0 Å². The van der Waals surface area contributed by atoms with Crippen molar-refractivity contribution in [3.8, 4) is 0 Å². The van der Waals surface area contributed by atoms with Gasteiger partial charge in [-0.1, -0.05) is 30.3 Å². The minimum absolute atomic E-state index is 0.178. The number of ether oxygens (including phenoxy) is 1. The van der Waals surface area contributed by atoms with E-state index in [0.29, 0.717) is 0 Å². The highest BCUT2D eigenvalue weighted by atomic mass is 16.5. The Labute approximate surface area is 75.6 Å². The van der Waals surface area contributed by atoms with Crippen molar-refractivity contribution >= 4 is 11.9 Å². The average molecular weight is 176 g/mol. The third kappa shape index (κ3) is 3.36. The summed E-state index contributed by atoms with van der Waals surface area (Å²) in [7, 11) is 0. The fraction of sp³-hybridized carbons (Fsp3) is 0.100. The molecule has 0 atom stereocenters. The summed E-state index contributed by atoms with van der Waals surface area (Å²) in [4.78, 5) is 20.4. The Morgan fingerprint density at radius 2 is 2.08 bits per heavy atom. The second kappa shape index (κ2) is 4.91. The fourth-order valence-corrected chi connectivity index (χ4v) is 0.818. The quantitative estimate of drug-likeness (QED) is 0.393. The molecule has 0 saturated carbocycles. The molecule has 0 unspecified atom stereocenters. The molecule has 0 aliphatic heterocycles. The molecule has 1 rings (SSSR count). The van der Waals surface area contributed by atoms with Crippen LogP contribution in [-0.4, -0.2) is 11.9 Å². The molecule has 0 amide bonds. The average Bonchev–Trinajstić information content (AvgIpc) is 2.17. The van der Waals surface area contributed by atoms with E-state index in [9.17, 15) is 9.59 Å². The maximum absolute atomic E-state index is 10.7. The molecule has 0 radical (unpaired) electrons. The number of rotatable bonds is 3. The van der Waals surface area contributed by atoms with Crippen LogP contribution < -0.4 is 0 Å². The van der Waals surface area contributed by atoms with Crippen LogP contribution in [0.3, 0.4) is 0 Å². The lowest BCUT2D eigenvalue weighted by atomic mass is 10.2. The van der Waals surface area contributed by atoms with Gasteiger partial charge < -0.3 is 4.74 Å². The summed E-state index contributed by atoms with van der Waals surface area (Å²) in [5.74, 6) is 0.686. The van der Waals surface area contributed by atoms with Crippen LogP contribution in [0.15, 0.2) is 36.4 Å². The highest BCUT2D eigenvalue weighted by molar-refractivity contribution is 5.89. The summed E-state index contributed by atoms with van der Waals surface area (Å²) >= 11 is 0. The zero-order valence-electron chi connectivity index (χ0n) is 6.90. The number of carbonyl (C=O) groups excluding carboxylic acids is 2. The van der Waals surface area contributed by atoms with Gasteiger partial charge >= 0.3 is 5.97 Å². The van der Waals surface area contributed by atoms with Crippen molar-refractivity contribution in [1.29, 1.82) is 0 Å². The lowest BCUT2D eigenvalue weighted by Crippen LogP contribution is -2.00. The van der Waals surface area contributed by atoms with Gasteiger partial charge in [-0.25, -0.2) is 9.59 Å².